The summed E-state index contributed by atoms with van der Waals surface area (Å²) in [7, 11) is 0. The summed E-state index contributed by atoms with van der Waals surface area (Å²) in [5.74, 6) is 0.685. The van der Waals surface area contributed by atoms with Crippen molar-refractivity contribution < 1.29 is 4.79 Å². The van der Waals surface area contributed by atoms with Gasteiger partial charge in [-0.1, -0.05) is 33.6 Å². The molecular weight excluding hydrogens is 212 g/mol. The quantitative estimate of drug-likeness (QED) is 0.687. The molecule has 0 saturated carbocycles. The van der Waals surface area contributed by atoms with Gasteiger partial charge in [-0.3, -0.25) is 4.79 Å². The Hall–Kier alpha value is -0.570. The van der Waals surface area contributed by atoms with E-state index in [9.17, 15) is 4.79 Å². The van der Waals surface area contributed by atoms with Crippen LogP contribution in [0.5, 0.6) is 0 Å². The first kappa shape index (κ1) is 16.4. The van der Waals surface area contributed by atoms with Crippen LogP contribution in [0.4, 0.5) is 0 Å². The number of nitrogens with one attached hydrogen (secondary N) is 2. The molecule has 0 aliphatic carbocycles. The Morgan fingerprint density at radius 1 is 1.24 bits per heavy atom. The highest BCUT2D eigenvalue weighted by atomic mass is 16.2. The summed E-state index contributed by atoms with van der Waals surface area (Å²) < 4.78 is 0. The van der Waals surface area contributed by atoms with Gasteiger partial charge in [0.2, 0.25) is 5.91 Å². The highest BCUT2D eigenvalue weighted by Crippen LogP contribution is 2.15. The first-order valence-electron chi connectivity index (χ1n) is 6.87. The standard InChI is InChI=1S/C14H30N2O/c1-7-8-9-14(6,15-10-11(2)3)13(17)16-12(4)5/h11-12,15H,7-10H2,1-6H3,(H,16,17). The molecule has 0 saturated heterocycles. The van der Waals surface area contributed by atoms with Crippen LogP contribution in [0, 0.1) is 5.92 Å². The number of hydrogen-bond acceptors (Lipinski definition) is 2. The molecule has 0 rings (SSSR count). The third-order valence-electron chi connectivity index (χ3n) is 2.85. The molecule has 0 spiro atoms. The normalized spacial score (nSPS) is 15.1. The highest BCUT2D eigenvalue weighted by Gasteiger charge is 2.32. The number of hydrogen-bond donors (Lipinski definition) is 2. The number of unbranched alkanes of at least 4 members (excludes halogenated alkanes) is 1. The maximum atomic E-state index is 12.2. The van der Waals surface area contributed by atoms with E-state index in [0.29, 0.717) is 5.92 Å². The zero-order valence-corrected chi connectivity index (χ0v) is 12.4. The van der Waals surface area contributed by atoms with Gasteiger partial charge in [0.1, 0.15) is 0 Å². The Kier molecular flexibility index (Phi) is 7.44. The largest absolute Gasteiger partial charge is 0.352 e. The third-order valence-corrected chi connectivity index (χ3v) is 2.85. The summed E-state index contributed by atoms with van der Waals surface area (Å²) >= 11 is 0. The van der Waals surface area contributed by atoms with Crippen molar-refractivity contribution in [2.24, 2.45) is 5.92 Å². The topological polar surface area (TPSA) is 41.1 Å². The summed E-state index contributed by atoms with van der Waals surface area (Å²) in [4.78, 5) is 12.2. The Morgan fingerprint density at radius 2 is 1.82 bits per heavy atom. The molecular formula is C14H30N2O. The second-order valence-electron chi connectivity index (χ2n) is 5.84. The summed E-state index contributed by atoms with van der Waals surface area (Å²) in [6.07, 6.45) is 3.09. The maximum Gasteiger partial charge on any atom is 0.240 e. The Balaban J connectivity index is 4.52. The molecule has 0 fully saturated rings. The predicted molar refractivity (Wildman–Crippen MR) is 74.0 cm³/mol. The van der Waals surface area contributed by atoms with E-state index in [4.69, 9.17) is 0 Å². The van der Waals surface area contributed by atoms with E-state index in [1.807, 2.05) is 20.8 Å². The van der Waals surface area contributed by atoms with Crippen LogP contribution in [0.1, 0.15) is 60.8 Å². The molecule has 0 radical (unpaired) electrons. The predicted octanol–water partition coefficient (Wildman–Crippen LogP) is 2.71. The third kappa shape index (κ3) is 6.67. The minimum atomic E-state index is -0.426. The van der Waals surface area contributed by atoms with E-state index in [-0.39, 0.29) is 11.9 Å². The second kappa shape index (κ2) is 7.70. The van der Waals surface area contributed by atoms with Crippen LogP contribution >= 0.6 is 0 Å². The summed E-state index contributed by atoms with van der Waals surface area (Å²) in [5.41, 5.74) is -0.426. The Labute approximate surface area is 107 Å². The zero-order chi connectivity index (χ0) is 13.5. The van der Waals surface area contributed by atoms with Crippen molar-refractivity contribution in [3.05, 3.63) is 0 Å². The molecule has 0 aromatic heterocycles. The zero-order valence-electron chi connectivity index (χ0n) is 12.4. The molecule has 0 bridgehead atoms. The van der Waals surface area contributed by atoms with Crippen LogP contribution < -0.4 is 10.6 Å². The summed E-state index contributed by atoms with van der Waals surface area (Å²) in [5, 5.41) is 6.44. The van der Waals surface area contributed by atoms with E-state index in [1.54, 1.807) is 0 Å². The Bertz CT molecular complexity index is 226. The lowest BCUT2D eigenvalue weighted by Gasteiger charge is -2.31. The molecule has 0 heterocycles. The SMILES string of the molecule is CCCCC(C)(NCC(C)C)C(=O)NC(C)C. The Morgan fingerprint density at radius 3 is 2.24 bits per heavy atom. The minimum Gasteiger partial charge on any atom is -0.352 e. The first-order valence-corrected chi connectivity index (χ1v) is 6.87. The van der Waals surface area contributed by atoms with Crippen LogP contribution in [0.3, 0.4) is 0 Å². The highest BCUT2D eigenvalue weighted by molar-refractivity contribution is 5.86. The van der Waals surface area contributed by atoms with Crippen molar-refractivity contribution in [2.45, 2.75) is 72.4 Å². The van der Waals surface area contributed by atoms with E-state index in [0.717, 1.165) is 25.8 Å². The van der Waals surface area contributed by atoms with Crippen LogP contribution in [0.25, 0.3) is 0 Å². The monoisotopic (exact) mass is 242 g/mol. The van der Waals surface area contributed by atoms with Crippen molar-refractivity contribution in [3.63, 3.8) is 0 Å². The molecule has 102 valence electrons. The molecule has 0 aromatic carbocycles. The molecule has 1 atom stereocenters. The van der Waals surface area contributed by atoms with E-state index < -0.39 is 5.54 Å². The van der Waals surface area contributed by atoms with Gasteiger partial charge in [-0.2, -0.15) is 0 Å². The fraction of sp³-hybridized carbons (Fsp3) is 0.929. The van der Waals surface area contributed by atoms with Crippen LogP contribution in [0.15, 0.2) is 0 Å². The molecule has 1 unspecified atom stereocenters. The average Bonchev–Trinajstić information content (AvgIpc) is 2.22. The van der Waals surface area contributed by atoms with Crippen molar-refractivity contribution in [1.82, 2.24) is 10.6 Å². The van der Waals surface area contributed by atoms with Gasteiger partial charge in [0.05, 0.1) is 5.54 Å². The molecule has 3 nitrogen and oxygen atoms in total. The molecule has 0 aromatic rings. The van der Waals surface area contributed by atoms with Crippen molar-refractivity contribution in [1.29, 1.82) is 0 Å². The van der Waals surface area contributed by atoms with Gasteiger partial charge in [0.15, 0.2) is 0 Å². The van der Waals surface area contributed by atoms with Crippen LogP contribution in [0.2, 0.25) is 0 Å². The lowest BCUT2D eigenvalue weighted by molar-refractivity contribution is -0.128. The molecule has 0 aliphatic heterocycles. The number of rotatable bonds is 8. The van der Waals surface area contributed by atoms with E-state index >= 15 is 0 Å². The van der Waals surface area contributed by atoms with Crippen molar-refractivity contribution >= 4 is 5.91 Å². The van der Waals surface area contributed by atoms with Gasteiger partial charge < -0.3 is 10.6 Å². The van der Waals surface area contributed by atoms with Gasteiger partial charge >= 0.3 is 0 Å². The number of amides is 1. The fourth-order valence-electron chi connectivity index (χ4n) is 1.66. The van der Waals surface area contributed by atoms with Crippen LogP contribution in [-0.2, 0) is 4.79 Å². The molecule has 3 heteroatoms. The van der Waals surface area contributed by atoms with Gasteiger partial charge in [0.25, 0.3) is 0 Å². The van der Waals surface area contributed by atoms with Crippen molar-refractivity contribution in [3.8, 4) is 0 Å². The van der Waals surface area contributed by atoms with E-state index in [2.05, 4.69) is 31.4 Å². The van der Waals surface area contributed by atoms with Gasteiger partial charge in [-0.15, -0.1) is 0 Å². The van der Waals surface area contributed by atoms with Crippen molar-refractivity contribution in [2.75, 3.05) is 6.54 Å². The first-order chi connectivity index (χ1) is 7.81. The van der Waals surface area contributed by atoms with Crippen LogP contribution in [-0.4, -0.2) is 24.0 Å². The molecule has 0 aliphatic rings. The number of carbonyl (C=O) groups is 1. The summed E-state index contributed by atoms with van der Waals surface area (Å²) in [6.45, 7) is 13.4. The molecule has 17 heavy (non-hydrogen) atoms. The fourth-order valence-corrected chi connectivity index (χ4v) is 1.66. The van der Waals surface area contributed by atoms with Gasteiger partial charge in [0, 0.05) is 6.04 Å². The average molecular weight is 242 g/mol. The maximum absolute atomic E-state index is 12.2. The second-order valence-corrected chi connectivity index (χ2v) is 5.84. The molecule has 1 amide bonds. The van der Waals surface area contributed by atoms with Gasteiger partial charge in [-0.05, 0) is 39.7 Å². The van der Waals surface area contributed by atoms with E-state index in [1.165, 1.54) is 0 Å². The lowest BCUT2D eigenvalue weighted by atomic mass is 9.92. The van der Waals surface area contributed by atoms with Gasteiger partial charge in [-0.25, -0.2) is 0 Å². The molecule has 2 N–H and O–H groups in total. The number of carbonyl (C=O) groups excluding carboxylic acids is 1. The lowest BCUT2D eigenvalue weighted by Crippen LogP contribution is -2.56. The minimum absolute atomic E-state index is 0.126. The summed E-state index contributed by atoms with van der Waals surface area (Å²) in [6, 6.07) is 0.198. The smallest absolute Gasteiger partial charge is 0.240 e.